The Kier molecular flexibility index (Phi) is 4.38. The van der Waals surface area contributed by atoms with Crippen molar-refractivity contribution in [1.82, 2.24) is 5.32 Å². The van der Waals surface area contributed by atoms with Gasteiger partial charge in [0.05, 0.1) is 6.61 Å². The summed E-state index contributed by atoms with van der Waals surface area (Å²) in [7, 11) is 0. The molecular weight excluding hydrogens is 254 g/mol. The van der Waals surface area contributed by atoms with E-state index in [1.807, 2.05) is 24.3 Å². The van der Waals surface area contributed by atoms with Gasteiger partial charge in [-0.25, -0.2) is 0 Å². The molecule has 4 nitrogen and oxygen atoms in total. The minimum Gasteiger partial charge on any atom is -0.508 e. The fraction of sp³-hybridized carbons (Fsp3) is 0.188. The average Bonchev–Trinajstić information content (AvgIpc) is 2.47. The van der Waals surface area contributed by atoms with Crippen LogP contribution in [0.25, 0.3) is 0 Å². The van der Waals surface area contributed by atoms with Crippen molar-refractivity contribution in [1.29, 1.82) is 0 Å². The lowest BCUT2D eigenvalue weighted by Crippen LogP contribution is -2.22. The number of carbonyl (C=O) groups is 1. The Morgan fingerprint density at radius 2 is 1.90 bits per heavy atom. The molecule has 4 heteroatoms. The molecule has 0 saturated heterocycles. The third-order valence-electron chi connectivity index (χ3n) is 3.09. The predicted molar refractivity (Wildman–Crippen MR) is 76.4 cm³/mol. The number of nitrogens with one attached hydrogen (secondary N) is 1. The summed E-state index contributed by atoms with van der Waals surface area (Å²) in [6.07, 6.45) is 0. The highest BCUT2D eigenvalue weighted by atomic mass is 16.3. The van der Waals surface area contributed by atoms with Crippen LogP contribution in [0.5, 0.6) is 5.75 Å². The summed E-state index contributed by atoms with van der Waals surface area (Å²) in [6.45, 7) is 2.13. The molecular formula is C16H17NO3. The minimum atomic E-state index is -0.192. The van der Waals surface area contributed by atoms with Crippen LogP contribution in [0.3, 0.4) is 0 Å². The van der Waals surface area contributed by atoms with Gasteiger partial charge < -0.3 is 15.5 Å². The number of amides is 1. The third-order valence-corrected chi connectivity index (χ3v) is 3.09. The van der Waals surface area contributed by atoms with Crippen LogP contribution in [0, 0.1) is 6.92 Å². The van der Waals surface area contributed by atoms with Crippen molar-refractivity contribution in [3.8, 4) is 5.75 Å². The fourth-order valence-electron chi connectivity index (χ4n) is 1.92. The first-order valence-corrected chi connectivity index (χ1v) is 6.36. The number of benzene rings is 2. The highest BCUT2D eigenvalue weighted by Gasteiger charge is 2.07. The number of carbonyl (C=O) groups excluding carboxylic acids is 1. The van der Waals surface area contributed by atoms with E-state index in [9.17, 15) is 9.90 Å². The van der Waals surface area contributed by atoms with Gasteiger partial charge in [-0.05, 0) is 41.8 Å². The monoisotopic (exact) mass is 271 g/mol. The molecule has 0 heterocycles. The summed E-state index contributed by atoms with van der Waals surface area (Å²) in [5.41, 5.74) is 2.93. The van der Waals surface area contributed by atoms with Gasteiger partial charge in [-0.3, -0.25) is 4.79 Å². The lowest BCUT2D eigenvalue weighted by Gasteiger charge is -2.08. The molecule has 0 fully saturated rings. The van der Waals surface area contributed by atoms with Crippen LogP contribution in [-0.2, 0) is 13.2 Å². The molecule has 1 amide bonds. The highest BCUT2D eigenvalue weighted by Crippen LogP contribution is 2.17. The number of aliphatic hydroxyl groups is 1. The van der Waals surface area contributed by atoms with Gasteiger partial charge in [0.2, 0.25) is 0 Å². The topological polar surface area (TPSA) is 69.6 Å². The lowest BCUT2D eigenvalue weighted by molar-refractivity contribution is 0.0951. The number of aliphatic hydroxyl groups excluding tert-OH is 1. The van der Waals surface area contributed by atoms with Gasteiger partial charge in [0.1, 0.15) is 5.75 Å². The fourth-order valence-corrected chi connectivity index (χ4v) is 1.92. The van der Waals surface area contributed by atoms with Gasteiger partial charge in [-0.2, -0.15) is 0 Å². The molecule has 0 spiro atoms. The number of aromatic hydroxyl groups is 1. The molecule has 3 N–H and O–H groups in total. The zero-order chi connectivity index (χ0) is 14.5. The average molecular weight is 271 g/mol. The number of hydrogen-bond donors (Lipinski definition) is 3. The Morgan fingerprint density at radius 1 is 1.15 bits per heavy atom. The third kappa shape index (κ3) is 3.36. The predicted octanol–water partition coefficient (Wildman–Crippen LogP) is 2.12. The molecule has 2 aromatic carbocycles. The minimum absolute atomic E-state index is 0.0149. The van der Waals surface area contributed by atoms with Crippen molar-refractivity contribution in [2.75, 3.05) is 0 Å². The maximum absolute atomic E-state index is 12.0. The molecule has 0 saturated carbocycles. The van der Waals surface area contributed by atoms with Crippen LogP contribution in [0.15, 0.2) is 42.5 Å². The maximum Gasteiger partial charge on any atom is 0.251 e. The zero-order valence-electron chi connectivity index (χ0n) is 11.3. The van der Waals surface area contributed by atoms with E-state index in [2.05, 4.69) is 5.32 Å². The number of phenolic OH excluding ortho intramolecular Hbond substituents is 1. The molecule has 0 radical (unpaired) electrons. The number of phenols is 1. The number of rotatable bonds is 4. The Labute approximate surface area is 117 Å². The number of hydrogen-bond acceptors (Lipinski definition) is 3. The van der Waals surface area contributed by atoms with Crippen molar-refractivity contribution in [3.63, 3.8) is 0 Å². The Balaban J connectivity index is 2.02. The Bertz CT molecular complexity index is 623. The van der Waals surface area contributed by atoms with Gasteiger partial charge in [0, 0.05) is 12.1 Å². The molecule has 0 bridgehead atoms. The molecule has 0 atom stereocenters. The van der Waals surface area contributed by atoms with Gasteiger partial charge >= 0.3 is 0 Å². The second kappa shape index (κ2) is 6.21. The van der Waals surface area contributed by atoms with Gasteiger partial charge in [-0.1, -0.05) is 24.3 Å². The Morgan fingerprint density at radius 3 is 2.60 bits per heavy atom. The normalized spacial score (nSPS) is 10.3. The van der Waals surface area contributed by atoms with E-state index in [-0.39, 0.29) is 18.3 Å². The van der Waals surface area contributed by atoms with Gasteiger partial charge in [-0.15, -0.1) is 0 Å². The SMILES string of the molecule is Cc1cc(C(=O)NCc2cccc(CO)c2)ccc1O. The smallest absolute Gasteiger partial charge is 0.251 e. The van der Waals surface area contributed by atoms with Crippen LogP contribution in [0.2, 0.25) is 0 Å². The molecule has 104 valence electrons. The van der Waals surface area contributed by atoms with Crippen molar-refractivity contribution >= 4 is 5.91 Å². The van der Waals surface area contributed by atoms with E-state index in [1.54, 1.807) is 19.1 Å². The van der Waals surface area contributed by atoms with Gasteiger partial charge in [0.25, 0.3) is 5.91 Å². The zero-order valence-corrected chi connectivity index (χ0v) is 11.3. The van der Waals surface area contributed by atoms with Crippen LogP contribution in [0.1, 0.15) is 27.0 Å². The molecule has 0 aromatic heterocycles. The van der Waals surface area contributed by atoms with Crippen LogP contribution in [-0.4, -0.2) is 16.1 Å². The largest absolute Gasteiger partial charge is 0.508 e. The standard InChI is InChI=1S/C16H17NO3/c1-11-7-14(5-6-15(11)19)16(20)17-9-12-3-2-4-13(8-12)10-18/h2-8,18-19H,9-10H2,1H3,(H,17,20). The van der Waals surface area contributed by atoms with Crippen LogP contribution in [0.4, 0.5) is 0 Å². The molecule has 0 unspecified atom stereocenters. The molecule has 2 rings (SSSR count). The van der Waals surface area contributed by atoms with E-state index in [1.165, 1.54) is 6.07 Å². The molecule has 0 aliphatic carbocycles. The summed E-state index contributed by atoms with van der Waals surface area (Å²) >= 11 is 0. The summed E-state index contributed by atoms with van der Waals surface area (Å²) in [6, 6.07) is 12.2. The first-order valence-electron chi connectivity index (χ1n) is 6.36. The van der Waals surface area contributed by atoms with Crippen molar-refractivity contribution in [2.24, 2.45) is 0 Å². The van der Waals surface area contributed by atoms with Crippen LogP contribution < -0.4 is 5.32 Å². The van der Waals surface area contributed by atoms with Crippen LogP contribution >= 0.6 is 0 Å². The van der Waals surface area contributed by atoms with Gasteiger partial charge in [0.15, 0.2) is 0 Å². The van der Waals surface area contributed by atoms with E-state index in [0.717, 1.165) is 11.1 Å². The molecule has 20 heavy (non-hydrogen) atoms. The van der Waals surface area contributed by atoms with E-state index in [0.29, 0.717) is 17.7 Å². The Hall–Kier alpha value is -2.33. The summed E-state index contributed by atoms with van der Waals surface area (Å²) < 4.78 is 0. The van der Waals surface area contributed by atoms with E-state index >= 15 is 0 Å². The highest BCUT2D eigenvalue weighted by molar-refractivity contribution is 5.94. The summed E-state index contributed by atoms with van der Waals surface area (Å²) in [4.78, 5) is 12.0. The first-order chi connectivity index (χ1) is 9.60. The van der Waals surface area contributed by atoms with E-state index < -0.39 is 0 Å². The molecule has 0 aliphatic rings. The molecule has 2 aromatic rings. The molecule has 0 aliphatic heterocycles. The van der Waals surface area contributed by atoms with E-state index in [4.69, 9.17) is 5.11 Å². The second-order valence-electron chi connectivity index (χ2n) is 4.66. The van der Waals surface area contributed by atoms with Crippen molar-refractivity contribution in [3.05, 3.63) is 64.7 Å². The quantitative estimate of drug-likeness (QED) is 0.797. The van der Waals surface area contributed by atoms with Crippen molar-refractivity contribution in [2.45, 2.75) is 20.1 Å². The van der Waals surface area contributed by atoms with Crippen molar-refractivity contribution < 1.29 is 15.0 Å². The second-order valence-corrected chi connectivity index (χ2v) is 4.66. The number of aryl methyl sites for hydroxylation is 1. The first kappa shape index (κ1) is 14.1. The summed E-state index contributed by atoms with van der Waals surface area (Å²) in [5, 5.41) is 21.3. The maximum atomic E-state index is 12.0. The summed E-state index contributed by atoms with van der Waals surface area (Å²) in [5.74, 6) is -0.0142. The lowest BCUT2D eigenvalue weighted by atomic mass is 10.1.